The minimum absolute atomic E-state index is 0.0196. The van der Waals surface area contributed by atoms with E-state index in [1.54, 1.807) is 0 Å². The van der Waals surface area contributed by atoms with E-state index in [-0.39, 0.29) is 16.9 Å². The summed E-state index contributed by atoms with van der Waals surface area (Å²) in [6.07, 6.45) is -4.50. The molecule has 7 heteroatoms. The first-order valence-electron chi connectivity index (χ1n) is 5.81. The molecule has 0 aromatic heterocycles. The molecule has 110 valence electrons. The van der Waals surface area contributed by atoms with Crippen LogP contribution in [0.2, 0.25) is 0 Å². The van der Waals surface area contributed by atoms with Gasteiger partial charge in [-0.2, -0.15) is 13.2 Å². The first-order valence-corrected chi connectivity index (χ1v) is 5.81. The van der Waals surface area contributed by atoms with Gasteiger partial charge in [0.15, 0.2) is 0 Å². The van der Waals surface area contributed by atoms with Crippen molar-refractivity contribution in [3.63, 3.8) is 0 Å². The molecule has 0 heterocycles. The van der Waals surface area contributed by atoms with E-state index in [1.807, 2.05) is 0 Å². The van der Waals surface area contributed by atoms with Crippen molar-refractivity contribution in [2.24, 2.45) is 0 Å². The average Bonchev–Trinajstić information content (AvgIpc) is 2.37. The fourth-order valence-electron chi connectivity index (χ4n) is 1.71. The zero-order valence-electron chi connectivity index (χ0n) is 10.5. The molecule has 0 spiro atoms. The lowest BCUT2D eigenvalue weighted by atomic mass is 10.1. The molecule has 0 saturated heterocycles. The molecule has 0 saturated carbocycles. The van der Waals surface area contributed by atoms with Crippen LogP contribution in [-0.4, -0.2) is 5.91 Å². The summed E-state index contributed by atoms with van der Waals surface area (Å²) in [7, 11) is 0. The number of rotatable bonds is 2. The number of benzene rings is 2. The SMILES string of the molecule is Nc1cc(F)ccc1C(=O)Nc1cccc(C(F)(F)F)c1. The van der Waals surface area contributed by atoms with Crippen LogP contribution >= 0.6 is 0 Å². The summed E-state index contributed by atoms with van der Waals surface area (Å²) in [6.45, 7) is 0. The van der Waals surface area contributed by atoms with Crippen molar-refractivity contribution in [1.29, 1.82) is 0 Å². The van der Waals surface area contributed by atoms with Gasteiger partial charge < -0.3 is 11.1 Å². The number of hydrogen-bond donors (Lipinski definition) is 2. The van der Waals surface area contributed by atoms with Gasteiger partial charge in [0, 0.05) is 11.4 Å². The highest BCUT2D eigenvalue weighted by Gasteiger charge is 2.30. The minimum Gasteiger partial charge on any atom is -0.398 e. The van der Waals surface area contributed by atoms with E-state index in [4.69, 9.17) is 5.73 Å². The largest absolute Gasteiger partial charge is 0.416 e. The lowest BCUT2D eigenvalue weighted by Crippen LogP contribution is -2.15. The monoisotopic (exact) mass is 298 g/mol. The second-order valence-corrected chi connectivity index (χ2v) is 4.26. The zero-order chi connectivity index (χ0) is 15.6. The van der Waals surface area contributed by atoms with Gasteiger partial charge in [0.25, 0.3) is 5.91 Å². The molecular weight excluding hydrogens is 288 g/mol. The second-order valence-electron chi connectivity index (χ2n) is 4.26. The molecule has 0 aliphatic rings. The maximum absolute atomic E-state index is 12.9. The van der Waals surface area contributed by atoms with Crippen molar-refractivity contribution in [3.05, 3.63) is 59.4 Å². The van der Waals surface area contributed by atoms with Crippen molar-refractivity contribution >= 4 is 17.3 Å². The number of carbonyl (C=O) groups excluding carboxylic acids is 1. The third-order valence-corrected chi connectivity index (χ3v) is 2.71. The molecule has 2 aromatic rings. The van der Waals surface area contributed by atoms with Gasteiger partial charge in [0.2, 0.25) is 0 Å². The number of hydrogen-bond acceptors (Lipinski definition) is 2. The van der Waals surface area contributed by atoms with E-state index >= 15 is 0 Å². The highest BCUT2D eigenvalue weighted by molar-refractivity contribution is 6.07. The summed E-state index contributed by atoms with van der Waals surface area (Å²) < 4.78 is 50.6. The Morgan fingerprint density at radius 2 is 1.81 bits per heavy atom. The number of nitrogens with one attached hydrogen (secondary N) is 1. The Hall–Kier alpha value is -2.57. The molecule has 2 rings (SSSR count). The Morgan fingerprint density at radius 3 is 2.43 bits per heavy atom. The summed E-state index contributed by atoms with van der Waals surface area (Å²) in [5.41, 5.74) is 4.47. The zero-order valence-corrected chi connectivity index (χ0v) is 10.5. The number of nitrogens with two attached hydrogens (primary N) is 1. The van der Waals surface area contributed by atoms with Crippen molar-refractivity contribution in [2.75, 3.05) is 11.1 Å². The van der Waals surface area contributed by atoms with Crippen LogP contribution in [0, 0.1) is 5.82 Å². The maximum Gasteiger partial charge on any atom is 0.416 e. The summed E-state index contributed by atoms with van der Waals surface area (Å²) in [5.74, 6) is -1.32. The van der Waals surface area contributed by atoms with E-state index in [0.717, 1.165) is 30.3 Å². The fraction of sp³-hybridized carbons (Fsp3) is 0.0714. The van der Waals surface area contributed by atoms with Crippen LogP contribution in [0.1, 0.15) is 15.9 Å². The molecule has 3 N–H and O–H groups in total. The summed E-state index contributed by atoms with van der Waals surface area (Å²) in [5, 5.41) is 2.29. The summed E-state index contributed by atoms with van der Waals surface area (Å²) >= 11 is 0. The van der Waals surface area contributed by atoms with Crippen LogP contribution in [0.25, 0.3) is 0 Å². The highest BCUT2D eigenvalue weighted by Crippen LogP contribution is 2.30. The number of carbonyl (C=O) groups is 1. The van der Waals surface area contributed by atoms with Crippen molar-refractivity contribution < 1.29 is 22.4 Å². The van der Waals surface area contributed by atoms with Crippen LogP contribution in [-0.2, 0) is 6.18 Å². The lowest BCUT2D eigenvalue weighted by molar-refractivity contribution is -0.137. The van der Waals surface area contributed by atoms with Gasteiger partial charge in [0.1, 0.15) is 5.82 Å². The second kappa shape index (κ2) is 5.43. The minimum atomic E-state index is -4.50. The Bertz CT molecular complexity index is 683. The topological polar surface area (TPSA) is 55.1 Å². The standard InChI is InChI=1S/C14H10F4N2O/c15-9-4-5-11(12(19)7-9)13(21)20-10-3-1-2-8(6-10)14(16,17)18/h1-7H,19H2,(H,20,21). The van der Waals surface area contributed by atoms with Crippen LogP contribution < -0.4 is 11.1 Å². The molecule has 0 aliphatic heterocycles. The first-order chi connectivity index (χ1) is 9.77. The van der Waals surface area contributed by atoms with E-state index < -0.39 is 23.5 Å². The van der Waals surface area contributed by atoms with E-state index in [9.17, 15) is 22.4 Å². The van der Waals surface area contributed by atoms with Gasteiger partial charge in [-0.05, 0) is 36.4 Å². The Balaban J connectivity index is 2.24. The van der Waals surface area contributed by atoms with E-state index in [0.29, 0.717) is 0 Å². The molecule has 0 unspecified atom stereocenters. The quantitative estimate of drug-likeness (QED) is 0.656. The highest BCUT2D eigenvalue weighted by atomic mass is 19.4. The average molecular weight is 298 g/mol. The Labute approximate surface area is 117 Å². The number of nitrogen functional groups attached to an aromatic ring is 1. The molecule has 0 fully saturated rings. The van der Waals surface area contributed by atoms with Crippen LogP contribution in [0.15, 0.2) is 42.5 Å². The Morgan fingerprint density at radius 1 is 1.10 bits per heavy atom. The molecule has 2 aromatic carbocycles. The van der Waals surface area contributed by atoms with Gasteiger partial charge >= 0.3 is 6.18 Å². The smallest absolute Gasteiger partial charge is 0.398 e. The van der Waals surface area contributed by atoms with Crippen molar-refractivity contribution in [2.45, 2.75) is 6.18 Å². The molecule has 0 atom stereocenters. The molecular formula is C14H10F4N2O. The third kappa shape index (κ3) is 3.50. The van der Waals surface area contributed by atoms with E-state index in [1.165, 1.54) is 12.1 Å². The third-order valence-electron chi connectivity index (χ3n) is 2.71. The fourth-order valence-corrected chi connectivity index (χ4v) is 1.71. The van der Waals surface area contributed by atoms with Crippen molar-refractivity contribution in [1.82, 2.24) is 0 Å². The number of amides is 1. The normalized spacial score (nSPS) is 11.2. The molecule has 21 heavy (non-hydrogen) atoms. The molecule has 3 nitrogen and oxygen atoms in total. The van der Waals surface area contributed by atoms with Gasteiger partial charge in [-0.1, -0.05) is 6.07 Å². The summed E-state index contributed by atoms with van der Waals surface area (Å²) in [4.78, 5) is 11.9. The number of alkyl halides is 3. The summed E-state index contributed by atoms with van der Waals surface area (Å²) in [6, 6.07) is 7.34. The predicted octanol–water partition coefficient (Wildman–Crippen LogP) is 3.68. The predicted molar refractivity (Wildman–Crippen MR) is 70.2 cm³/mol. The van der Waals surface area contributed by atoms with Gasteiger partial charge in [-0.3, -0.25) is 4.79 Å². The number of anilines is 2. The van der Waals surface area contributed by atoms with Gasteiger partial charge in [-0.15, -0.1) is 0 Å². The van der Waals surface area contributed by atoms with Crippen LogP contribution in [0.3, 0.4) is 0 Å². The maximum atomic E-state index is 12.9. The molecule has 0 radical (unpaired) electrons. The van der Waals surface area contributed by atoms with Gasteiger partial charge in [-0.25, -0.2) is 4.39 Å². The lowest BCUT2D eigenvalue weighted by Gasteiger charge is -2.10. The van der Waals surface area contributed by atoms with E-state index in [2.05, 4.69) is 5.32 Å². The number of halogens is 4. The van der Waals surface area contributed by atoms with Crippen molar-refractivity contribution in [3.8, 4) is 0 Å². The van der Waals surface area contributed by atoms with Crippen LogP contribution in [0.5, 0.6) is 0 Å². The molecule has 0 aliphatic carbocycles. The molecule has 0 bridgehead atoms. The molecule has 1 amide bonds. The Kier molecular flexibility index (Phi) is 3.84. The van der Waals surface area contributed by atoms with Crippen LogP contribution in [0.4, 0.5) is 28.9 Å². The first kappa shape index (κ1) is 14.8. The van der Waals surface area contributed by atoms with Gasteiger partial charge in [0.05, 0.1) is 11.1 Å².